The van der Waals surface area contributed by atoms with Crippen LogP contribution in [0.1, 0.15) is 51.2 Å². The third-order valence-corrected chi connectivity index (χ3v) is 3.95. The summed E-state index contributed by atoms with van der Waals surface area (Å²) in [7, 11) is 1.71. The summed E-state index contributed by atoms with van der Waals surface area (Å²) in [5, 5.41) is 0. The van der Waals surface area contributed by atoms with Crippen LogP contribution in [0, 0.1) is 5.92 Å². The molecule has 2 nitrogen and oxygen atoms in total. The number of hydrogen-bond donors (Lipinski definition) is 0. The molecule has 122 valence electrons. The normalized spacial score (nSPS) is 11.8. The van der Waals surface area contributed by atoms with Gasteiger partial charge < -0.3 is 9.47 Å². The molecule has 1 aromatic carbocycles. The minimum Gasteiger partial charge on any atom is -0.496 e. The maximum Gasteiger partial charge on any atom is 0.122 e. The van der Waals surface area contributed by atoms with Gasteiger partial charge in [0.25, 0.3) is 0 Å². The molecule has 0 amide bonds. The van der Waals surface area contributed by atoms with E-state index in [1.807, 2.05) is 0 Å². The number of rotatable bonds is 10. The van der Waals surface area contributed by atoms with E-state index < -0.39 is 0 Å². The number of unbranched alkanes of at least 4 members (excludes halogenated alkanes) is 1. The molecule has 1 atom stereocenters. The topological polar surface area (TPSA) is 18.5 Å². The highest BCUT2D eigenvalue weighted by Crippen LogP contribution is 2.24. The van der Waals surface area contributed by atoms with Gasteiger partial charge in [0.15, 0.2) is 0 Å². The Morgan fingerprint density at radius 1 is 1.23 bits per heavy atom. The molecule has 0 radical (unpaired) electrons. The second-order valence-corrected chi connectivity index (χ2v) is 5.83. The number of ether oxygens (including phenoxy) is 2. The average molecular weight is 302 g/mol. The Kier molecular flexibility index (Phi) is 7.79. The number of aryl methyl sites for hydroxylation is 1. The van der Waals surface area contributed by atoms with Crippen LogP contribution in [0.25, 0.3) is 0 Å². The van der Waals surface area contributed by atoms with Crippen LogP contribution in [0.5, 0.6) is 5.75 Å². The molecule has 1 rings (SSSR count). The smallest absolute Gasteiger partial charge is 0.122 e. The highest BCUT2D eigenvalue weighted by molar-refractivity contribution is 5.38. The third kappa shape index (κ3) is 5.59. The first-order valence-electron chi connectivity index (χ1n) is 8.21. The van der Waals surface area contributed by atoms with Gasteiger partial charge >= 0.3 is 0 Å². The van der Waals surface area contributed by atoms with Gasteiger partial charge in [0.2, 0.25) is 0 Å². The molecule has 0 aromatic heterocycles. The van der Waals surface area contributed by atoms with Crippen molar-refractivity contribution >= 4 is 0 Å². The fraction of sp³-hybridized carbons (Fsp3) is 0.500. The molecular formula is C20H30O2. The molecule has 0 saturated carbocycles. The molecule has 2 heteroatoms. The molecular weight excluding hydrogens is 272 g/mol. The van der Waals surface area contributed by atoms with Gasteiger partial charge in [-0.1, -0.05) is 58.9 Å². The second-order valence-electron chi connectivity index (χ2n) is 5.83. The lowest BCUT2D eigenvalue weighted by atomic mass is 10.0. The fourth-order valence-corrected chi connectivity index (χ4v) is 2.41. The van der Waals surface area contributed by atoms with Gasteiger partial charge in [0.1, 0.15) is 11.5 Å². The standard InChI is InChI=1S/C20H30O2/c1-7-9-10-15(3)17(5)22-16(4)13-18-11-12-19(8-2)20(14-18)21-6/h11-12,14-15H,4-5,7-10,13H2,1-3,6H3. The Morgan fingerprint density at radius 3 is 2.55 bits per heavy atom. The van der Waals surface area contributed by atoms with Crippen molar-refractivity contribution in [3.63, 3.8) is 0 Å². The van der Waals surface area contributed by atoms with Gasteiger partial charge in [-0.05, 0) is 30.0 Å². The van der Waals surface area contributed by atoms with Crippen molar-refractivity contribution in [2.75, 3.05) is 7.11 Å². The Hall–Kier alpha value is -1.70. The first kappa shape index (κ1) is 18.3. The van der Waals surface area contributed by atoms with E-state index in [9.17, 15) is 0 Å². The molecule has 22 heavy (non-hydrogen) atoms. The molecule has 1 aromatic rings. The Labute approximate surface area is 135 Å². The van der Waals surface area contributed by atoms with Gasteiger partial charge in [-0.15, -0.1) is 0 Å². The van der Waals surface area contributed by atoms with Crippen molar-refractivity contribution < 1.29 is 9.47 Å². The van der Waals surface area contributed by atoms with Crippen LogP contribution >= 0.6 is 0 Å². The zero-order valence-corrected chi connectivity index (χ0v) is 14.6. The predicted molar refractivity (Wildman–Crippen MR) is 94.1 cm³/mol. The monoisotopic (exact) mass is 302 g/mol. The van der Waals surface area contributed by atoms with Crippen LogP contribution in [0.15, 0.2) is 42.9 Å². The molecule has 0 fully saturated rings. The maximum atomic E-state index is 5.81. The summed E-state index contributed by atoms with van der Waals surface area (Å²) >= 11 is 0. The second kappa shape index (κ2) is 9.34. The van der Waals surface area contributed by atoms with E-state index in [1.54, 1.807) is 7.11 Å². The molecule has 0 spiro atoms. The third-order valence-electron chi connectivity index (χ3n) is 3.95. The SMILES string of the molecule is C=C(Cc1ccc(CC)c(OC)c1)OC(=C)C(C)CCCC. The Bertz CT molecular complexity index is 502. The van der Waals surface area contributed by atoms with Gasteiger partial charge in [0, 0.05) is 12.3 Å². The van der Waals surface area contributed by atoms with E-state index in [4.69, 9.17) is 9.47 Å². The van der Waals surface area contributed by atoms with Crippen LogP contribution in [-0.2, 0) is 17.6 Å². The van der Waals surface area contributed by atoms with Gasteiger partial charge in [-0.3, -0.25) is 0 Å². The van der Waals surface area contributed by atoms with Crippen molar-refractivity contribution in [2.45, 2.75) is 52.9 Å². The zero-order chi connectivity index (χ0) is 16.5. The first-order chi connectivity index (χ1) is 10.5. The lowest BCUT2D eigenvalue weighted by Crippen LogP contribution is -2.04. The molecule has 0 bridgehead atoms. The van der Waals surface area contributed by atoms with Gasteiger partial charge in [0.05, 0.1) is 12.9 Å². The fourth-order valence-electron chi connectivity index (χ4n) is 2.41. The summed E-state index contributed by atoms with van der Waals surface area (Å²) in [5.74, 6) is 2.85. The molecule has 1 unspecified atom stereocenters. The molecule has 0 N–H and O–H groups in total. The summed E-state index contributed by atoms with van der Waals surface area (Å²) in [4.78, 5) is 0. The van der Waals surface area contributed by atoms with Crippen LogP contribution in [-0.4, -0.2) is 7.11 Å². The van der Waals surface area contributed by atoms with Crippen molar-refractivity contribution in [3.8, 4) is 5.75 Å². The average Bonchev–Trinajstić information content (AvgIpc) is 2.52. The van der Waals surface area contributed by atoms with Crippen LogP contribution in [0.3, 0.4) is 0 Å². The van der Waals surface area contributed by atoms with Crippen molar-refractivity contribution in [2.24, 2.45) is 5.92 Å². The van der Waals surface area contributed by atoms with Crippen molar-refractivity contribution in [1.29, 1.82) is 0 Å². The predicted octanol–water partition coefficient (Wildman–Crippen LogP) is 5.67. The van der Waals surface area contributed by atoms with Gasteiger partial charge in [-0.2, -0.15) is 0 Å². The summed E-state index contributed by atoms with van der Waals surface area (Å²) in [6.45, 7) is 14.5. The summed E-state index contributed by atoms with van der Waals surface area (Å²) < 4.78 is 11.2. The van der Waals surface area contributed by atoms with Crippen LogP contribution < -0.4 is 4.74 Å². The minimum atomic E-state index is 0.369. The van der Waals surface area contributed by atoms with Crippen LogP contribution in [0.4, 0.5) is 0 Å². The highest BCUT2D eigenvalue weighted by atomic mass is 16.5. The number of methoxy groups -OCH3 is 1. The summed E-state index contributed by atoms with van der Waals surface area (Å²) in [6.07, 6.45) is 5.15. The largest absolute Gasteiger partial charge is 0.496 e. The Balaban J connectivity index is 2.59. The number of hydrogen-bond acceptors (Lipinski definition) is 2. The summed E-state index contributed by atoms with van der Waals surface area (Å²) in [5.41, 5.74) is 2.36. The van der Waals surface area contributed by atoms with E-state index in [0.717, 1.165) is 35.7 Å². The number of allylic oxidation sites excluding steroid dienone is 2. The molecule has 0 aliphatic carbocycles. The summed E-state index contributed by atoms with van der Waals surface area (Å²) in [6, 6.07) is 6.29. The minimum absolute atomic E-state index is 0.369. The molecule has 0 aliphatic heterocycles. The van der Waals surface area contributed by atoms with E-state index >= 15 is 0 Å². The lowest BCUT2D eigenvalue weighted by Gasteiger charge is -2.17. The Morgan fingerprint density at radius 2 is 1.95 bits per heavy atom. The molecule has 0 aliphatic rings. The van der Waals surface area contributed by atoms with Crippen molar-refractivity contribution in [1.82, 2.24) is 0 Å². The van der Waals surface area contributed by atoms with E-state index in [2.05, 4.69) is 52.1 Å². The van der Waals surface area contributed by atoms with E-state index in [1.165, 1.54) is 18.4 Å². The van der Waals surface area contributed by atoms with Gasteiger partial charge in [-0.25, -0.2) is 0 Å². The highest BCUT2D eigenvalue weighted by Gasteiger charge is 2.10. The lowest BCUT2D eigenvalue weighted by molar-refractivity contribution is 0.250. The molecule has 0 heterocycles. The first-order valence-corrected chi connectivity index (χ1v) is 8.21. The molecule has 0 saturated heterocycles. The number of benzene rings is 1. The zero-order valence-electron chi connectivity index (χ0n) is 14.6. The quantitative estimate of drug-likeness (QED) is 0.518. The van der Waals surface area contributed by atoms with E-state index in [-0.39, 0.29) is 0 Å². The van der Waals surface area contributed by atoms with E-state index in [0.29, 0.717) is 12.3 Å². The maximum absolute atomic E-state index is 5.81. The van der Waals surface area contributed by atoms with Crippen LogP contribution in [0.2, 0.25) is 0 Å². The van der Waals surface area contributed by atoms with Crippen molar-refractivity contribution in [3.05, 3.63) is 54.0 Å².